The number of carbonyl (C=O) groups excluding carboxylic acids is 1. The lowest BCUT2D eigenvalue weighted by molar-refractivity contribution is -0.139. The van der Waals surface area contributed by atoms with Gasteiger partial charge in [-0.2, -0.15) is 0 Å². The van der Waals surface area contributed by atoms with E-state index >= 15 is 0 Å². The number of halogens is 1. The van der Waals surface area contributed by atoms with Crippen LogP contribution >= 0.6 is 11.8 Å². The van der Waals surface area contributed by atoms with E-state index in [1.807, 2.05) is 0 Å². The fraction of sp³-hybridized carbons (Fsp3) is 0.364. The molecule has 0 aliphatic carbocycles. The molecule has 0 atom stereocenters. The third-order valence-corrected chi connectivity index (χ3v) is 2.81. The largest absolute Gasteiger partial charge is 0.465 e. The maximum Gasteiger partial charge on any atom is 0.315 e. The van der Waals surface area contributed by atoms with Crippen LogP contribution in [0.4, 0.5) is 10.1 Å². The van der Waals surface area contributed by atoms with E-state index in [9.17, 15) is 9.18 Å². The van der Waals surface area contributed by atoms with Crippen LogP contribution in [0.2, 0.25) is 0 Å². The van der Waals surface area contributed by atoms with Crippen molar-refractivity contribution in [2.75, 3.05) is 18.1 Å². The van der Waals surface area contributed by atoms with Gasteiger partial charge in [-0.05, 0) is 24.6 Å². The third kappa shape index (κ3) is 4.10. The molecular formula is C11H14FNO2S. The van der Waals surface area contributed by atoms with E-state index in [4.69, 9.17) is 10.5 Å². The van der Waals surface area contributed by atoms with Crippen LogP contribution in [-0.2, 0) is 15.3 Å². The molecule has 0 amide bonds. The van der Waals surface area contributed by atoms with E-state index in [0.717, 1.165) is 0 Å². The minimum atomic E-state index is -0.337. The van der Waals surface area contributed by atoms with Gasteiger partial charge >= 0.3 is 5.97 Å². The molecule has 0 aliphatic rings. The Morgan fingerprint density at radius 2 is 2.31 bits per heavy atom. The van der Waals surface area contributed by atoms with Gasteiger partial charge < -0.3 is 10.5 Å². The molecule has 0 spiro atoms. The summed E-state index contributed by atoms with van der Waals surface area (Å²) in [5, 5.41) is 0. The molecule has 0 bridgehead atoms. The molecule has 0 saturated carbocycles. The molecule has 0 fully saturated rings. The first kappa shape index (κ1) is 12.8. The maximum absolute atomic E-state index is 13.3. The molecule has 0 aromatic heterocycles. The summed E-state index contributed by atoms with van der Waals surface area (Å²) in [6.07, 6.45) is 0. The number of nitrogen functional groups attached to an aromatic ring is 1. The van der Waals surface area contributed by atoms with Crippen molar-refractivity contribution in [1.82, 2.24) is 0 Å². The number of hydrogen-bond acceptors (Lipinski definition) is 4. The molecule has 16 heavy (non-hydrogen) atoms. The minimum Gasteiger partial charge on any atom is -0.465 e. The number of rotatable bonds is 5. The zero-order valence-corrected chi connectivity index (χ0v) is 9.85. The smallest absolute Gasteiger partial charge is 0.315 e. The van der Waals surface area contributed by atoms with Crippen LogP contribution in [0.25, 0.3) is 0 Å². The van der Waals surface area contributed by atoms with E-state index in [2.05, 4.69) is 0 Å². The number of benzene rings is 1. The van der Waals surface area contributed by atoms with E-state index in [-0.39, 0.29) is 17.5 Å². The lowest BCUT2D eigenvalue weighted by Gasteiger charge is -2.04. The van der Waals surface area contributed by atoms with E-state index in [0.29, 0.717) is 23.6 Å². The average molecular weight is 243 g/mol. The standard InChI is InChI=1S/C11H14FNO2S/c1-2-15-11(14)7-16-6-8-3-4-9(13)5-10(8)12/h3-5H,2,6-7,13H2,1H3. The van der Waals surface area contributed by atoms with Crippen molar-refractivity contribution in [2.24, 2.45) is 0 Å². The topological polar surface area (TPSA) is 52.3 Å². The minimum absolute atomic E-state index is 0.234. The second-order valence-corrected chi connectivity index (χ2v) is 4.13. The highest BCUT2D eigenvalue weighted by Gasteiger charge is 2.05. The fourth-order valence-electron chi connectivity index (χ4n) is 1.13. The van der Waals surface area contributed by atoms with Crippen LogP contribution < -0.4 is 5.73 Å². The second kappa shape index (κ2) is 6.37. The second-order valence-electron chi connectivity index (χ2n) is 3.15. The lowest BCUT2D eigenvalue weighted by Crippen LogP contribution is -2.06. The molecule has 0 saturated heterocycles. The quantitative estimate of drug-likeness (QED) is 0.636. The van der Waals surface area contributed by atoms with Crippen LogP contribution in [0.5, 0.6) is 0 Å². The normalized spacial score (nSPS) is 10.1. The Morgan fingerprint density at radius 3 is 2.94 bits per heavy atom. The van der Waals surface area contributed by atoms with Crippen LogP contribution in [0.3, 0.4) is 0 Å². The van der Waals surface area contributed by atoms with Gasteiger partial charge in [-0.15, -0.1) is 11.8 Å². The van der Waals surface area contributed by atoms with Gasteiger partial charge in [-0.3, -0.25) is 4.79 Å². The first-order chi connectivity index (χ1) is 7.63. The highest BCUT2D eigenvalue weighted by Crippen LogP contribution is 2.18. The number of nitrogens with two attached hydrogens (primary N) is 1. The highest BCUT2D eigenvalue weighted by molar-refractivity contribution is 7.99. The van der Waals surface area contributed by atoms with Gasteiger partial charge in [-0.25, -0.2) is 4.39 Å². The van der Waals surface area contributed by atoms with Gasteiger partial charge in [0.2, 0.25) is 0 Å². The number of esters is 1. The fourth-order valence-corrected chi connectivity index (χ4v) is 1.93. The molecule has 0 unspecified atom stereocenters. The number of thioether (sulfide) groups is 1. The number of anilines is 1. The van der Waals surface area contributed by atoms with E-state index in [1.165, 1.54) is 17.8 Å². The molecule has 0 radical (unpaired) electrons. The van der Waals surface area contributed by atoms with Crippen LogP contribution in [-0.4, -0.2) is 18.3 Å². The summed E-state index contributed by atoms with van der Waals surface area (Å²) in [4.78, 5) is 11.0. The molecule has 0 heterocycles. The van der Waals surface area contributed by atoms with Crippen LogP contribution in [0.1, 0.15) is 12.5 Å². The maximum atomic E-state index is 13.3. The zero-order chi connectivity index (χ0) is 12.0. The van der Waals surface area contributed by atoms with Crippen molar-refractivity contribution < 1.29 is 13.9 Å². The van der Waals surface area contributed by atoms with Gasteiger partial charge in [-0.1, -0.05) is 6.07 Å². The molecule has 1 rings (SSSR count). The summed E-state index contributed by atoms with van der Waals surface area (Å²) in [6.45, 7) is 2.12. The molecule has 3 nitrogen and oxygen atoms in total. The van der Waals surface area contributed by atoms with Crippen molar-refractivity contribution in [3.8, 4) is 0 Å². The molecule has 2 N–H and O–H groups in total. The van der Waals surface area contributed by atoms with Gasteiger partial charge in [0.15, 0.2) is 0 Å². The molecule has 1 aromatic carbocycles. The Hall–Kier alpha value is -1.23. The predicted molar refractivity (Wildman–Crippen MR) is 63.6 cm³/mol. The number of ether oxygens (including phenoxy) is 1. The Balaban J connectivity index is 2.40. The first-order valence-corrected chi connectivity index (χ1v) is 6.06. The van der Waals surface area contributed by atoms with Gasteiger partial charge in [0.1, 0.15) is 5.82 Å². The van der Waals surface area contributed by atoms with Crippen molar-refractivity contribution in [1.29, 1.82) is 0 Å². The molecule has 1 aromatic rings. The summed E-state index contributed by atoms with van der Waals surface area (Å²) < 4.78 is 18.1. The summed E-state index contributed by atoms with van der Waals surface area (Å²) in [7, 11) is 0. The summed E-state index contributed by atoms with van der Waals surface area (Å²) in [5.74, 6) is 0.0579. The molecule has 88 valence electrons. The first-order valence-electron chi connectivity index (χ1n) is 4.90. The SMILES string of the molecule is CCOC(=O)CSCc1ccc(N)cc1F. The van der Waals surface area contributed by atoms with E-state index < -0.39 is 0 Å². The highest BCUT2D eigenvalue weighted by atomic mass is 32.2. The summed E-state index contributed by atoms with van der Waals surface area (Å²) in [6, 6.07) is 4.55. The Labute approximate surface area is 98.2 Å². The Kier molecular flexibility index (Phi) is 5.11. The van der Waals surface area contributed by atoms with Crippen molar-refractivity contribution in [3.63, 3.8) is 0 Å². The monoisotopic (exact) mass is 243 g/mol. The summed E-state index contributed by atoms with van der Waals surface area (Å²) >= 11 is 1.32. The van der Waals surface area contributed by atoms with Gasteiger partial charge in [0, 0.05) is 11.4 Å². The third-order valence-electron chi connectivity index (χ3n) is 1.86. The number of hydrogen-bond donors (Lipinski definition) is 1. The predicted octanol–water partition coefficient (Wildman–Crippen LogP) is 2.20. The Bertz CT molecular complexity index is 371. The van der Waals surface area contributed by atoms with Gasteiger partial charge in [0.25, 0.3) is 0 Å². The molecule has 0 aliphatic heterocycles. The van der Waals surface area contributed by atoms with Crippen molar-refractivity contribution >= 4 is 23.4 Å². The zero-order valence-electron chi connectivity index (χ0n) is 9.03. The average Bonchev–Trinajstić information content (AvgIpc) is 2.22. The number of carbonyl (C=O) groups is 1. The lowest BCUT2D eigenvalue weighted by atomic mass is 10.2. The Morgan fingerprint density at radius 1 is 1.56 bits per heavy atom. The van der Waals surface area contributed by atoms with Crippen LogP contribution in [0, 0.1) is 5.82 Å². The van der Waals surface area contributed by atoms with Gasteiger partial charge in [0.05, 0.1) is 12.4 Å². The van der Waals surface area contributed by atoms with Crippen molar-refractivity contribution in [2.45, 2.75) is 12.7 Å². The van der Waals surface area contributed by atoms with Crippen LogP contribution in [0.15, 0.2) is 18.2 Å². The molecule has 5 heteroatoms. The van der Waals surface area contributed by atoms with Crippen molar-refractivity contribution in [3.05, 3.63) is 29.6 Å². The van der Waals surface area contributed by atoms with E-state index in [1.54, 1.807) is 19.1 Å². The summed E-state index contributed by atoms with van der Waals surface area (Å²) in [5.41, 5.74) is 6.37. The molecular weight excluding hydrogens is 229 g/mol.